The van der Waals surface area contributed by atoms with Gasteiger partial charge in [0.15, 0.2) is 0 Å². The minimum absolute atomic E-state index is 0.306. The first kappa shape index (κ1) is 9.27. The molecule has 1 aromatic carbocycles. The Morgan fingerprint density at radius 2 is 1.93 bits per heavy atom. The summed E-state index contributed by atoms with van der Waals surface area (Å²) < 4.78 is 5.57. The lowest BCUT2D eigenvalue weighted by molar-refractivity contribution is 0.439. The first-order valence-corrected chi connectivity index (χ1v) is 4.95. The zero-order valence-corrected chi connectivity index (χ0v) is 9.21. The fourth-order valence-electron chi connectivity index (χ4n) is 1.18. The van der Waals surface area contributed by atoms with Gasteiger partial charge in [0.1, 0.15) is 10.2 Å². The van der Waals surface area contributed by atoms with Gasteiger partial charge in [0, 0.05) is 5.56 Å². The molecule has 0 aliphatic carbocycles. The molecule has 0 spiro atoms. The van der Waals surface area contributed by atoms with Crippen LogP contribution in [0.3, 0.4) is 0 Å². The number of rotatable bonds is 1. The summed E-state index contributed by atoms with van der Waals surface area (Å²) >= 11 is 3.32. The number of nitrogens with two attached hydrogens (primary N) is 1. The van der Waals surface area contributed by atoms with Gasteiger partial charge in [-0.25, -0.2) is 0 Å². The summed E-state index contributed by atoms with van der Waals surface area (Å²) in [5.74, 6) is 0.306. The van der Waals surface area contributed by atoms with Crippen LogP contribution in [0.2, 0.25) is 0 Å². The van der Waals surface area contributed by atoms with Gasteiger partial charge in [-0.2, -0.15) is 0 Å². The lowest BCUT2D eigenvalue weighted by atomic mass is 10.1. The summed E-state index contributed by atoms with van der Waals surface area (Å²) in [6.45, 7) is 2.04. The molecular formula is C10H9BrN2O. The number of hydrogen-bond donors (Lipinski definition) is 1. The molecule has 0 aliphatic heterocycles. The molecule has 0 saturated heterocycles. The zero-order valence-electron chi connectivity index (χ0n) is 7.62. The van der Waals surface area contributed by atoms with Gasteiger partial charge in [0.25, 0.3) is 0 Å². The van der Waals surface area contributed by atoms with Gasteiger partial charge < -0.3 is 10.3 Å². The average Bonchev–Trinajstić information content (AvgIpc) is 2.50. The van der Waals surface area contributed by atoms with Crippen LogP contribution in [-0.4, -0.2) is 5.16 Å². The Hall–Kier alpha value is -1.29. The van der Waals surface area contributed by atoms with Crippen LogP contribution in [0, 0.1) is 6.92 Å². The molecule has 0 saturated carbocycles. The molecule has 0 atom stereocenters. The molecule has 4 heteroatoms. The molecule has 0 fully saturated rings. The quantitative estimate of drug-likeness (QED) is 0.849. The molecular weight excluding hydrogens is 244 g/mol. The standard InChI is InChI=1S/C10H9BrN2O/c1-6-2-4-7(5-3-6)9-8(11)10(12)14-13-9/h2-5H,12H2,1H3. The molecule has 2 rings (SSSR count). The maximum absolute atomic E-state index is 5.53. The monoisotopic (exact) mass is 252 g/mol. The van der Waals surface area contributed by atoms with Gasteiger partial charge >= 0.3 is 0 Å². The summed E-state index contributed by atoms with van der Waals surface area (Å²) in [7, 11) is 0. The Balaban J connectivity index is 2.49. The number of anilines is 1. The first-order chi connectivity index (χ1) is 6.68. The van der Waals surface area contributed by atoms with Crippen molar-refractivity contribution >= 4 is 21.8 Å². The second kappa shape index (κ2) is 3.46. The maximum Gasteiger partial charge on any atom is 0.237 e. The smallest absolute Gasteiger partial charge is 0.237 e. The van der Waals surface area contributed by atoms with Crippen molar-refractivity contribution in [3.05, 3.63) is 34.3 Å². The lowest BCUT2D eigenvalue weighted by Gasteiger charge is -1.96. The van der Waals surface area contributed by atoms with E-state index in [1.165, 1.54) is 5.56 Å². The second-order valence-electron chi connectivity index (χ2n) is 3.08. The van der Waals surface area contributed by atoms with E-state index in [1.54, 1.807) is 0 Å². The van der Waals surface area contributed by atoms with Crippen LogP contribution in [0.4, 0.5) is 5.88 Å². The Labute approximate surface area is 90.0 Å². The van der Waals surface area contributed by atoms with Crippen molar-refractivity contribution in [2.24, 2.45) is 0 Å². The van der Waals surface area contributed by atoms with E-state index in [4.69, 9.17) is 10.3 Å². The molecule has 0 amide bonds. The minimum atomic E-state index is 0.306. The van der Waals surface area contributed by atoms with E-state index in [1.807, 2.05) is 31.2 Å². The van der Waals surface area contributed by atoms with Crippen molar-refractivity contribution in [3.63, 3.8) is 0 Å². The van der Waals surface area contributed by atoms with Crippen LogP contribution in [-0.2, 0) is 0 Å². The predicted octanol–water partition coefficient (Wildman–Crippen LogP) is 2.99. The molecule has 2 N–H and O–H groups in total. The van der Waals surface area contributed by atoms with Crippen molar-refractivity contribution < 1.29 is 4.52 Å². The van der Waals surface area contributed by atoms with Gasteiger partial charge in [0.05, 0.1) is 0 Å². The number of aromatic nitrogens is 1. The summed E-state index contributed by atoms with van der Waals surface area (Å²) in [4.78, 5) is 0. The average molecular weight is 253 g/mol. The molecule has 0 unspecified atom stereocenters. The maximum atomic E-state index is 5.53. The third-order valence-corrected chi connectivity index (χ3v) is 2.75. The van der Waals surface area contributed by atoms with Crippen LogP contribution in [0.1, 0.15) is 5.56 Å². The number of nitrogens with zero attached hydrogens (tertiary/aromatic N) is 1. The third kappa shape index (κ3) is 1.53. The molecule has 0 radical (unpaired) electrons. The highest BCUT2D eigenvalue weighted by molar-refractivity contribution is 9.10. The molecule has 2 aromatic rings. The van der Waals surface area contributed by atoms with E-state index >= 15 is 0 Å². The number of halogens is 1. The lowest BCUT2D eigenvalue weighted by Crippen LogP contribution is -1.81. The molecule has 3 nitrogen and oxygen atoms in total. The third-order valence-electron chi connectivity index (χ3n) is 1.98. The van der Waals surface area contributed by atoms with Gasteiger partial charge in [-0.1, -0.05) is 35.0 Å². The van der Waals surface area contributed by atoms with Crippen LogP contribution < -0.4 is 5.73 Å². The largest absolute Gasteiger partial charge is 0.367 e. The van der Waals surface area contributed by atoms with E-state index in [0.29, 0.717) is 10.4 Å². The van der Waals surface area contributed by atoms with E-state index in [9.17, 15) is 0 Å². The molecule has 72 valence electrons. The fourth-order valence-corrected chi connectivity index (χ4v) is 1.56. The Kier molecular flexibility index (Phi) is 2.29. The topological polar surface area (TPSA) is 52.0 Å². The Bertz CT molecular complexity index is 448. The molecule has 14 heavy (non-hydrogen) atoms. The summed E-state index contributed by atoms with van der Waals surface area (Å²) in [5.41, 5.74) is 8.47. The van der Waals surface area contributed by atoms with Crippen LogP contribution in [0.5, 0.6) is 0 Å². The van der Waals surface area contributed by atoms with Crippen LogP contribution >= 0.6 is 15.9 Å². The fraction of sp³-hybridized carbons (Fsp3) is 0.100. The van der Waals surface area contributed by atoms with Crippen molar-refractivity contribution in [2.45, 2.75) is 6.92 Å². The predicted molar refractivity (Wildman–Crippen MR) is 58.8 cm³/mol. The van der Waals surface area contributed by atoms with E-state index < -0.39 is 0 Å². The van der Waals surface area contributed by atoms with Crippen molar-refractivity contribution in [1.29, 1.82) is 0 Å². The van der Waals surface area contributed by atoms with Crippen LogP contribution in [0.25, 0.3) is 11.3 Å². The van der Waals surface area contributed by atoms with Crippen molar-refractivity contribution in [2.75, 3.05) is 5.73 Å². The highest BCUT2D eigenvalue weighted by Crippen LogP contribution is 2.31. The number of aryl methyl sites for hydroxylation is 1. The number of benzene rings is 1. The SMILES string of the molecule is Cc1ccc(-c2noc(N)c2Br)cc1. The molecule has 0 bridgehead atoms. The highest BCUT2D eigenvalue weighted by Gasteiger charge is 2.11. The Morgan fingerprint density at radius 1 is 1.29 bits per heavy atom. The van der Waals surface area contributed by atoms with E-state index in [2.05, 4.69) is 21.1 Å². The van der Waals surface area contributed by atoms with Gasteiger partial charge in [-0.3, -0.25) is 0 Å². The molecule has 0 aliphatic rings. The minimum Gasteiger partial charge on any atom is -0.367 e. The highest BCUT2D eigenvalue weighted by atomic mass is 79.9. The second-order valence-corrected chi connectivity index (χ2v) is 3.87. The van der Waals surface area contributed by atoms with Crippen molar-refractivity contribution in [1.82, 2.24) is 5.16 Å². The van der Waals surface area contributed by atoms with Gasteiger partial charge in [0.2, 0.25) is 5.88 Å². The summed E-state index contributed by atoms with van der Waals surface area (Å²) in [5, 5.41) is 3.87. The number of hydrogen-bond acceptors (Lipinski definition) is 3. The normalized spacial score (nSPS) is 10.4. The van der Waals surface area contributed by atoms with Crippen LogP contribution in [0.15, 0.2) is 33.3 Å². The molecule has 1 aromatic heterocycles. The van der Waals surface area contributed by atoms with Crippen molar-refractivity contribution in [3.8, 4) is 11.3 Å². The first-order valence-electron chi connectivity index (χ1n) is 4.16. The van der Waals surface area contributed by atoms with E-state index in [0.717, 1.165) is 11.3 Å². The molecule has 1 heterocycles. The summed E-state index contributed by atoms with van der Waals surface area (Å²) in [6, 6.07) is 8.01. The number of nitrogen functional groups attached to an aromatic ring is 1. The van der Waals surface area contributed by atoms with Gasteiger partial charge in [-0.15, -0.1) is 0 Å². The summed E-state index contributed by atoms with van der Waals surface area (Å²) in [6.07, 6.45) is 0. The zero-order chi connectivity index (χ0) is 10.1. The van der Waals surface area contributed by atoms with E-state index in [-0.39, 0.29) is 0 Å². The Morgan fingerprint density at radius 3 is 2.43 bits per heavy atom. The van der Waals surface area contributed by atoms with Gasteiger partial charge in [-0.05, 0) is 22.9 Å².